The Labute approximate surface area is 177 Å². The zero-order valence-corrected chi connectivity index (χ0v) is 18.7. The Kier molecular flexibility index (Phi) is 6.20. The average molecular weight is 455 g/mol. The molecule has 30 heavy (non-hydrogen) atoms. The van der Waals surface area contributed by atoms with E-state index in [-0.39, 0.29) is 11.2 Å². The third kappa shape index (κ3) is 6.04. The summed E-state index contributed by atoms with van der Waals surface area (Å²) in [6, 6.07) is 2.89. The molecule has 0 aliphatic heterocycles. The number of ether oxygens (including phenoxy) is 1. The van der Waals surface area contributed by atoms with Crippen molar-refractivity contribution in [3.05, 3.63) is 24.3 Å². The molecule has 3 fully saturated rings. The third-order valence-electron chi connectivity index (χ3n) is 7.43. The predicted molar refractivity (Wildman–Crippen MR) is 114 cm³/mol. The molecule has 3 aliphatic rings. The summed E-state index contributed by atoms with van der Waals surface area (Å²) in [6.07, 6.45) is 16.1. The van der Waals surface area contributed by atoms with Gasteiger partial charge in [-0.2, -0.15) is 0 Å². The molecular weight excluding hydrogens is 419 g/mol. The van der Waals surface area contributed by atoms with Gasteiger partial charge in [-0.25, -0.2) is 0 Å². The zero-order chi connectivity index (χ0) is 22.0. The van der Waals surface area contributed by atoms with Crippen molar-refractivity contribution in [2.75, 3.05) is 6.61 Å². The van der Waals surface area contributed by atoms with Gasteiger partial charge in [0.1, 0.15) is 10.6 Å². The van der Waals surface area contributed by atoms with Crippen LogP contribution >= 0.6 is 10.2 Å². The summed E-state index contributed by atoms with van der Waals surface area (Å²) in [5, 5.41) is 0. The molecule has 174 valence electrons. The van der Waals surface area contributed by atoms with E-state index in [4.69, 9.17) is 4.74 Å². The molecule has 0 saturated heterocycles. The second kappa shape index (κ2) is 7.86. The van der Waals surface area contributed by atoms with Crippen LogP contribution in [0.5, 0.6) is 5.75 Å². The molecule has 0 N–H and O–H groups in total. The molecule has 0 amide bonds. The van der Waals surface area contributed by atoms with Crippen LogP contribution in [0.1, 0.15) is 90.4 Å². The van der Waals surface area contributed by atoms with E-state index in [0.717, 1.165) is 31.4 Å². The first-order valence-corrected chi connectivity index (χ1v) is 13.3. The van der Waals surface area contributed by atoms with E-state index in [1.807, 2.05) is 0 Å². The molecule has 2 bridgehead atoms. The van der Waals surface area contributed by atoms with Crippen LogP contribution in [0.2, 0.25) is 0 Å². The van der Waals surface area contributed by atoms with Gasteiger partial charge in [0.2, 0.25) is 0 Å². The lowest BCUT2D eigenvalue weighted by molar-refractivity contribution is -0.0409. The molecule has 7 heteroatoms. The molecule has 3 aliphatic carbocycles. The van der Waals surface area contributed by atoms with Crippen LogP contribution in [-0.2, 0) is 0 Å². The van der Waals surface area contributed by atoms with E-state index in [2.05, 4.69) is 6.92 Å². The summed E-state index contributed by atoms with van der Waals surface area (Å²) in [4.78, 5) is -1.87. The highest BCUT2D eigenvalue weighted by Crippen LogP contribution is 3.02. The van der Waals surface area contributed by atoms with Crippen LogP contribution in [0.25, 0.3) is 0 Å². The highest BCUT2D eigenvalue weighted by atomic mass is 32.5. The van der Waals surface area contributed by atoms with Gasteiger partial charge in [-0.1, -0.05) is 64.9 Å². The zero-order valence-electron chi connectivity index (χ0n) is 17.9. The molecule has 0 heterocycles. The van der Waals surface area contributed by atoms with Gasteiger partial charge in [0, 0.05) is 5.41 Å². The van der Waals surface area contributed by atoms with Gasteiger partial charge in [-0.15, -0.1) is 0 Å². The molecule has 1 aromatic carbocycles. The standard InChI is InChI=1S/C23H35F5OS/c1-2-3-4-5-6-7-12-22-13-16-23(17-14-22,18-15-22)19-29-20-8-10-21(11-9-20)30(24,25,26,27)28/h8-11H,2-7,12-19H2,1H3. The monoisotopic (exact) mass is 454 g/mol. The van der Waals surface area contributed by atoms with Gasteiger partial charge in [0.15, 0.2) is 0 Å². The van der Waals surface area contributed by atoms with E-state index < -0.39 is 15.1 Å². The Bertz CT molecular complexity index is 689. The van der Waals surface area contributed by atoms with Gasteiger partial charge in [0.05, 0.1) is 6.61 Å². The number of hydrogen-bond acceptors (Lipinski definition) is 1. The fourth-order valence-corrected chi connectivity index (χ4v) is 5.89. The topological polar surface area (TPSA) is 9.23 Å². The maximum atomic E-state index is 12.8. The molecule has 0 atom stereocenters. The van der Waals surface area contributed by atoms with Crippen molar-refractivity contribution >= 4 is 10.2 Å². The first-order valence-electron chi connectivity index (χ1n) is 11.3. The normalized spacial score (nSPS) is 28.7. The van der Waals surface area contributed by atoms with Crippen LogP contribution in [-0.4, -0.2) is 6.61 Å². The van der Waals surface area contributed by atoms with E-state index in [1.54, 1.807) is 0 Å². The van der Waals surface area contributed by atoms with Gasteiger partial charge >= 0.3 is 10.2 Å². The van der Waals surface area contributed by atoms with Crippen LogP contribution in [0.3, 0.4) is 0 Å². The largest absolute Gasteiger partial charge is 0.493 e. The van der Waals surface area contributed by atoms with Gasteiger partial charge in [0.25, 0.3) is 0 Å². The van der Waals surface area contributed by atoms with Crippen LogP contribution in [0.4, 0.5) is 19.4 Å². The fourth-order valence-electron chi connectivity index (χ4n) is 5.24. The van der Waals surface area contributed by atoms with E-state index >= 15 is 0 Å². The molecule has 0 spiro atoms. The van der Waals surface area contributed by atoms with Crippen molar-refractivity contribution in [1.29, 1.82) is 0 Å². The average Bonchev–Trinajstić information content (AvgIpc) is 2.69. The van der Waals surface area contributed by atoms with Crippen molar-refractivity contribution in [2.45, 2.75) is 95.3 Å². The minimum absolute atomic E-state index is 0.0850. The molecule has 0 aromatic heterocycles. The number of rotatable bonds is 11. The van der Waals surface area contributed by atoms with Crippen molar-refractivity contribution in [3.8, 4) is 5.75 Å². The molecule has 0 unspecified atom stereocenters. The second-order valence-electron chi connectivity index (χ2n) is 9.75. The van der Waals surface area contributed by atoms with E-state index in [0.29, 0.717) is 24.2 Å². The minimum Gasteiger partial charge on any atom is -0.493 e. The number of hydrogen-bond donors (Lipinski definition) is 0. The summed E-state index contributed by atoms with van der Waals surface area (Å²) < 4.78 is 70.0. The van der Waals surface area contributed by atoms with Crippen molar-refractivity contribution in [2.24, 2.45) is 10.8 Å². The number of fused-ring (bicyclic) bond motifs is 3. The molecule has 4 rings (SSSR count). The van der Waals surface area contributed by atoms with Gasteiger partial charge in [-0.3, -0.25) is 0 Å². The molecule has 1 nitrogen and oxygen atoms in total. The first-order chi connectivity index (χ1) is 13.9. The number of unbranched alkanes of at least 4 members (excludes halogenated alkanes) is 5. The Hall–Kier alpha value is -0.980. The van der Waals surface area contributed by atoms with Crippen molar-refractivity contribution < 1.29 is 24.2 Å². The summed E-state index contributed by atoms with van der Waals surface area (Å²) in [6.45, 7) is 2.69. The summed E-state index contributed by atoms with van der Waals surface area (Å²) in [5.41, 5.74) is 0.567. The lowest BCUT2D eigenvalue weighted by atomic mass is 9.53. The quantitative estimate of drug-likeness (QED) is 0.239. The summed E-state index contributed by atoms with van der Waals surface area (Å²) in [5.74, 6) is 0.226. The SMILES string of the molecule is CCCCCCCCC12CCC(COc3ccc(S(F)(F)(F)(F)F)cc3)(CC1)CC2. The van der Waals surface area contributed by atoms with Gasteiger partial charge in [-0.05, 0) is 74.6 Å². The third-order valence-corrected chi connectivity index (χ3v) is 8.59. The summed E-state index contributed by atoms with van der Waals surface area (Å²) >= 11 is 0. The molecule has 3 saturated carbocycles. The minimum atomic E-state index is -9.62. The highest BCUT2D eigenvalue weighted by Gasteiger charge is 2.65. The molecule has 1 aromatic rings. The Morgan fingerprint density at radius 1 is 0.733 bits per heavy atom. The fraction of sp³-hybridized carbons (Fsp3) is 0.739. The molecule has 0 radical (unpaired) electrons. The Morgan fingerprint density at radius 3 is 1.77 bits per heavy atom. The first kappa shape index (κ1) is 23.7. The number of benzene rings is 1. The Balaban J connectivity index is 1.46. The maximum Gasteiger partial charge on any atom is 0.310 e. The highest BCUT2D eigenvalue weighted by molar-refractivity contribution is 8.45. The van der Waals surface area contributed by atoms with Crippen molar-refractivity contribution in [3.63, 3.8) is 0 Å². The van der Waals surface area contributed by atoms with Crippen LogP contribution < -0.4 is 4.74 Å². The lowest BCUT2D eigenvalue weighted by Crippen LogP contribution is -2.44. The summed E-state index contributed by atoms with van der Waals surface area (Å²) in [7, 11) is -9.62. The smallest absolute Gasteiger partial charge is 0.310 e. The lowest BCUT2D eigenvalue weighted by Gasteiger charge is -2.53. The van der Waals surface area contributed by atoms with E-state index in [9.17, 15) is 19.4 Å². The van der Waals surface area contributed by atoms with Crippen LogP contribution in [0, 0.1) is 10.8 Å². The van der Waals surface area contributed by atoms with Crippen LogP contribution in [0.15, 0.2) is 29.2 Å². The molecular formula is C23H35F5OS. The van der Waals surface area contributed by atoms with Gasteiger partial charge < -0.3 is 4.74 Å². The van der Waals surface area contributed by atoms with E-state index in [1.165, 1.54) is 64.2 Å². The predicted octanol–water partition coefficient (Wildman–Crippen LogP) is 9.81. The maximum absolute atomic E-state index is 12.8. The van der Waals surface area contributed by atoms with Crippen molar-refractivity contribution in [1.82, 2.24) is 0 Å². The Morgan fingerprint density at radius 2 is 1.23 bits per heavy atom. The second-order valence-corrected chi connectivity index (χ2v) is 12.2. The number of halogens is 5.